The maximum atomic E-state index is 13.2. The van der Waals surface area contributed by atoms with Crippen molar-refractivity contribution < 1.29 is 37.2 Å². The smallest absolute Gasteiger partial charge is 0.458 e. The van der Waals surface area contributed by atoms with Crippen LogP contribution in [0.5, 0.6) is 0 Å². The first kappa shape index (κ1) is 51.8. The third-order valence-corrected chi connectivity index (χ3v) is 11.1. The number of hydrogen-bond donors (Lipinski definition) is 1. The van der Waals surface area contributed by atoms with E-state index in [-0.39, 0.29) is 44.7 Å². The van der Waals surface area contributed by atoms with Crippen LogP contribution in [0.3, 0.4) is 0 Å². The zero-order valence-corrected chi connectivity index (χ0v) is 35.7. The number of carbonyl (C=O) groups is 2. The lowest BCUT2D eigenvalue weighted by atomic mass is 10.0. The van der Waals surface area contributed by atoms with Gasteiger partial charge in [0.2, 0.25) is 0 Å². The van der Waals surface area contributed by atoms with Gasteiger partial charge in [-0.1, -0.05) is 175 Å². The number of nitrogens with two attached hydrogens (primary N) is 1. The van der Waals surface area contributed by atoms with Crippen molar-refractivity contribution in [2.75, 3.05) is 26.4 Å². The van der Waals surface area contributed by atoms with E-state index >= 15 is 0 Å². The zero-order valence-electron chi connectivity index (χ0n) is 34.8. The number of rotatable bonds is 42. The van der Waals surface area contributed by atoms with Crippen molar-refractivity contribution in [2.45, 2.75) is 226 Å². The van der Waals surface area contributed by atoms with Crippen LogP contribution in [0.25, 0.3) is 0 Å². The quantitative estimate of drug-likeness (QED) is 0.0279. The van der Waals surface area contributed by atoms with Crippen LogP contribution in [0.4, 0.5) is 0 Å². The van der Waals surface area contributed by atoms with Crippen molar-refractivity contribution >= 4 is 19.8 Å². The maximum absolute atomic E-state index is 13.2. The van der Waals surface area contributed by atoms with Crippen molar-refractivity contribution in [3.05, 3.63) is 12.7 Å². The first-order valence-corrected chi connectivity index (χ1v) is 23.5. The highest BCUT2D eigenvalue weighted by molar-refractivity contribution is 7.48. The third kappa shape index (κ3) is 33.8. The summed E-state index contributed by atoms with van der Waals surface area (Å²) in [4.78, 5) is 26.4. The molecule has 0 rings (SSSR count). The second-order valence-corrected chi connectivity index (χ2v) is 16.4. The second kappa shape index (κ2) is 39.0. The van der Waals surface area contributed by atoms with Crippen molar-refractivity contribution in [3.63, 3.8) is 0 Å². The molecule has 9 nitrogen and oxygen atoms in total. The highest BCUT2D eigenvalue weighted by Crippen LogP contribution is 2.49. The topological polar surface area (TPSA) is 123 Å². The molecule has 0 saturated carbocycles. The number of carbonyl (C=O) groups excluding carboxylic acids is 2. The van der Waals surface area contributed by atoms with Gasteiger partial charge < -0.3 is 15.2 Å². The van der Waals surface area contributed by atoms with Crippen molar-refractivity contribution in [2.24, 2.45) is 5.73 Å². The molecule has 0 aromatic carbocycles. The third-order valence-electron chi connectivity index (χ3n) is 9.66. The predicted molar refractivity (Wildman–Crippen MR) is 220 cm³/mol. The minimum absolute atomic E-state index is 0.00309. The van der Waals surface area contributed by atoms with Gasteiger partial charge in [0.1, 0.15) is 12.2 Å². The summed E-state index contributed by atoms with van der Waals surface area (Å²) in [6.45, 7) is 10.4. The van der Waals surface area contributed by atoms with E-state index in [2.05, 4.69) is 27.4 Å². The summed E-state index contributed by atoms with van der Waals surface area (Å²) in [5, 5.41) is 0. The van der Waals surface area contributed by atoms with E-state index in [4.69, 9.17) is 28.8 Å². The molecule has 0 aliphatic heterocycles. The molecule has 0 aliphatic carbocycles. The molecule has 314 valence electrons. The van der Waals surface area contributed by atoms with E-state index in [9.17, 15) is 14.2 Å². The summed E-state index contributed by atoms with van der Waals surface area (Å²) in [6.07, 6.45) is 31.7. The van der Waals surface area contributed by atoms with E-state index in [1.807, 2.05) is 0 Å². The van der Waals surface area contributed by atoms with E-state index < -0.39 is 20.0 Å². The molecule has 0 radical (unpaired) electrons. The number of phosphoric ester groups is 1. The lowest BCUT2D eigenvalue weighted by Gasteiger charge is -2.28. The van der Waals surface area contributed by atoms with Gasteiger partial charge in [-0.25, -0.2) is 4.57 Å². The Balaban J connectivity index is 5.47. The van der Waals surface area contributed by atoms with Gasteiger partial charge >= 0.3 is 19.8 Å². The van der Waals surface area contributed by atoms with Crippen molar-refractivity contribution in [3.8, 4) is 0 Å². The molecule has 2 N–H and O–H groups in total. The molecule has 0 bridgehead atoms. The highest BCUT2D eigenvalue weighted by atomic mass is 31.2. The highest BCUT2D eigenvalue weighted by Gasteiger charge is 2.31. The van der Waals surface area contributed by atoms with Crippen LogP contribution in [-0.4, -0.2) is 50.5 Å². The molecule has 53 heavy (non-hydrogen) atoms. The van der Waals surface area contributed by atoms with Gasteiger partial charge in [-0.05, 0) is 25.7 Å². The number of hydrogen-bond acceptors (Lipinski definition) is 9. The molecule has 0 fully saturated rings. The molecular weight excluding hydrogens is 689 g/mol. The molecule has 0 heterocycles. The van der Waals surface area contributed by atoms with Crippen LogP contribution in [-0.2, 0) is 37.2 Å². The van der Waals surface area contributed by atoms with Gasteiger partial charge in [0, 0.05) is 25.8 Å². The average molecular weight is 774 g/mol. The van der Waals surface area contributed by atoms with E-state index in [1.54, 1.807) is 0 Å². The van der Waals surface area contributed by atoms with Crippen LogP contribution < -0.4 is 5.73 Å². The minimum Gasteiger partial charge on any atom is -0.458 e. The molecule has 0 amide bonds. The Morgan fingerprint density at radius 1 is 0.528 bits per heavy atom. The second-order valence-electron chi connectivity index (χ2n) is 14.8. The van der Waals surface area contributed by atoms with E-state index in [0.29, 0.717) is 19.3 Å². The average Bonchev–Trinajstić information content (AvgIpc) is 3.15. The van der Waals surface area contributed by atoms with Gasteiger partial charge in [0.05, 0.1) is 19.8 Å². The molecule has 0 aromatic rings. The zero-order chi connectivity index (χ0) is 39.1. The Labute approximate surface area is 326 Å². The van der Waals surface area contributed by atoms with E-state index in [0.717, 1.165) is 57.8 Å². The van der Waals surface area contributed by atoms with Crippen LogP contribution in [0.15, 0.2) is 12.7 Å². The normalized spacial score (nSPS) is 13.7. The number of ether oxygens (including phenoxy) is 2. The summed E-state index contributed by atoms with van der Waals surface area (Å²) < 4.78 is 41.8. The van der Waals surface area contributed by atoms with Crippen molar-refractivity contribution in [1.82, 2.24) is 0 Å². The first-order chi connectivity index (χ1) is 25.9. The fraction of sp³-hybridized carbons (Fsp3) is 0.907. The molecule has 0 saturated heterocycles. The van der Waals surface area contributed by atoms with Crippen LogP contribution in [0.2, 0.25) is 0 Å². The summed E-state index contributed by atoms with van der Waals surface area (Å²) in [6, 6.07) is 0. The Kier molecular flexibility index (Phi) is 38.1. The Morgan fingerprint density at radius 3 is 1.28 bits per heavy atom. The molecule has 0 aromatic heterocycles. The Morgan fingerprint density at radius 2 is 0.887 bits per heavy atom. The predicted octanol–water partition coefficient (Wildman–Crippen LogP) is 12.9. The van der Waals surface area contributed by atoms with Gasteiger partial charge in [0.15, 0.2) is 0 Å². The van der Waals surface area contributed by atoms with Crippen LogP contribution in [0.1, 0.15) is 213 Å². The van der Waals surface area contributed by atoms with Gasteiger partial charge in [-0.2, -0.15) is 0 Å². The minimum atomic E-state index is -3.91. The van der Waals surface area contributed by atoms with Crippen LogP contribution >= 0.6 is 7.82 Å². The molecule has 3 unspecified atom stereocenters. The van der Waals surface area contributed by atoms with Crippen LogP contribution in [0, 0.1) is 0 Å². The molecule has 10 heteroatoms. The summed E-state index contributed by atoms with van der Waals surface area (Å²) in [5.74, 6) is -0.566. The molecule has 0 aliphatic rings. The fourth-order valence-electron chi connectivity index (χ4n) is 6.44. The lowest BCUT2D eigenvalue weighted by Crippen LogP contribution is -2.36. The lowest BCUT2D eigenvalue weighted by molar-refractivity contribution is -0.170. The number of phosphoric acid groups is 1. The number of esters is 2. The molecule has 3 atom stereocenters. The Hall–Kier alpha value is -1.25. The summed E-state index contributed by atoms with van der Waals surface area (Å²) >= 11 is 0. The SMILES string of the molecule is C=CCOP(=O)(OCCN)OCCC(OC(=O)CCCCCCCCCCCC)C(CCCCCCCCCC)OC(=O)CCCCCCCCCC. The van der Waals surface area contributed by atoms with E-state index in [1.165, 1.54) is 115 Å². The number of unbranched alkanes of at least 4 members (excludes halogenated alkanes) is 23. The summed E-state index contributed by atoms with van der Waals surface area (Å²) in [7, 11) is -3.91. The largest absolute Gasteiger partial charge is 0.475 e. The first-order valence-electron chi connectivity index (χ1n) is 22.1. The van der Waals surface area contributed by atoms with Gasteiger partial charge in [-0.15, -0.1) is 6.58 Å². The monoisotopic (exact) mass is 774 g/mol. The standard InChI is InChI=1S/C43H84NO8P/c1-5-9-12-15-18-21-22-25-28-31-34-43(46)52-41(35-38-49-53(47,48-37-8-4)50-39-36-44)40(32-29-26-23-19-16-13-10-6-2)51-42(45)33-30-27-24-20-17-14-11-7-3/h8,40-41H,4-7,9-39,44H2,1-3H3. The fourth-order valence-corrected chi connectivity index (χ4v) is 7.61. The molecule has 0 spiro atoms. The summed E-state index contributed by atoms with van der Waals surface area (Å²) in [5.41, 5.74) is 5.57. The Bertz CT molecular complexity index is 888. The molecular formula is C43H84NO8P. The van der Waals surface area contributed by atoms with Gasteiger partial charge in [0.25, 0.3) is 0 Å². The van der Waals surface area contributed by atoms with Crippen molar-refractivity contribution in [1.29, 1.82) is 0 Å². The van der Waals surface area contributed by atoms with Gasteiger partial charge in [-0.3, -0.25) is 23.2 Å². The maximum Gasteiger partial charge on any atom is 0.475 e.